The monoisotopic (exact) mass is 566 g/mol. The highest BCUT2D eigenvalue weighted by molar-refractivity contribution is 6.31. The molecule has 0 unspecified atom stereocenters. The number of rotatable bonds is 4. The molecular formula is C26H16Cl3F3N2O3. The van der Waals surface area contributed by atoms with Crippen molar-refractivity contribution in [1.29, 1.82) is 5.26 Å². The van der Waals surface area contributed by atoms with Gasteiger partial charge in [-0.2, -0.15) is 18.4 Å². The average Bonchev–Trinajstić information content (AvgIpc) is 3.20. The van der Waals surface area contributed by atoms with Crippen LogP contribution in [0.1, 0.15) is 28.7 Å². The first-order chi connectivity index (χ1) is 17.5. The molecule has 1 aliphatic heterocycles. The number of alkyl halides is 3. The van der Waals surface area contributed by atoms with Gasteiger partial charge in [0.25, 0.3) is 0 Å². The van der Waals surface area contributed by atoms with E-state index < -0.39 is 41.5 Å². The van der Waals surface area contributed by atoms with E-state index in [1.807, 2.05) is 0 Å². The van der Waals surface area contributed by atoms with Crippen LogP contribution in [0.5, 0.6) is 0 Å². The Morgan fingerprint density at radius 2 is 1.46 bits per heavy atom. The van der Waals surface area contributed by atoms with Gasteiger partial charge in [0.05, 0.1) is 12.1 Å². The number of nitriles is 1. The summed E-state index contributed by atoms with van der Waals surface area (Å²) < 4.78 is 43.0. The molecule has 1 N–H and O–H groups in total. The molecule has 0 aliphatic carbocycles. The molecule has 0 aromatic heterocycles. The second kappa shape index (κ2) is 10.3. The van der Waals surface area contributed by atoms with E-state index in [2.05, 4.69) is 16.1 Å². The smallest absolute Gasteiger partial charge is 0.385 e. The van der Waals surface area contributed by atoms with Crippen LogP contribution in [0.15, 0.2) is 72.8 Å². The minimum absolute atomic E-state index is 0.269. The number of esters is 2. The first kappa shape index (κ1) is 27.0. The summed E-state index contributed by atoms with van der Waals surface area (Å²) in [7, 11) is 0. The molecule has 1 saturated heterocycles. The van der Waals surface area contributed by atoms with Gasteiger partial charge < -0.3 is 4.74 Å². The van der Waals surface area contributed by atoms with Crippen molar-refractivity contribution in [3.63, 3.8) is 0 Å². The molecule has 3 aromatic rings. The van der Waals surface area contributed by atoms with Crippen molar-refractivity contribution in [2.24, 2.45) is 0 Å². The van der Waals surface area contributed by atoms with Crippen LogP contribution in [0.4, 0.5) is 13.2 Å². The molecule has 4 rings (SSSR count). The maximum Gasteiger partial charge on any atom is 0.491 e. The van der Waals surface area contributed by atoms with Crippen molar-refractivity contribution in [1.82, 2.24) is 5.32 Å². The summed E-state index contributed by atoms with van der Waals surface area (Å²) in [6.45, 7) is 0. The molecule has 0 radical (unpaired) electrons. The van der Waals surface area contributed by atoms with E-state index >= 15 is 0 Å². The molecule has 0 bridgehead atoms. The lowest BCUT2D eigenvalue weighted by Crippen LogP contribution is -2.41. The summed E-state index contributed by atoms with van der Waals surface area (Å²) in [6, 6.07) is 18.8. The highest BCUT2D eigenvalue weighted by atomic mass is 35.5. The number of carbonyl (C=O) groups is 2. The number of nitrogens with one attached hydrogen (secondary N) is 1. The maximum atomic E-state index is 13.1. The molecule has 0 spiro atoms. The quantitative estimate of drug-likeness (QED) is 0.286. The molecule has 1 aliphatic rings. The predicted molar refractivity (Wildman–Crippen MR) is 131 cm³/mol. The highest BCUT2D eigenvalue weighted by Gasteiger charge is 2.61. The fourth-order valence-electron chi connectivity index (χ4n) is 4.74. The number of benzene rings is 3. The summed E-state index contributed by atoms with van der Waals surface area (Å²) in [5.74, 6) is -5.30. The first-order valence-electron chi connectivity index (χ1n) is 10.7. The van der Waals surface area contributed by atoms with Gasteiger partial charge in [0.2, 0.25) is 0 Å². The third kappa shape index (κ3) is 5.18. The van der Waals surface area contributed by atoms with E-state index in [0.717, 1.165) is 0 Å². The van der Waals surface area contributed by atoms with Crippen LogP contribution in [0.3, 0.4) is 0 Å². The Hall–Kier alpha value is -3.09. The molecule has 37 heavy (non-hydrogen) atoms. The lowest BCUT2D eigenvalue weighted by molar-refractivity contribution is -0.202. The zero-order chi connectivity index (χ0) is 27.0. The second-order valence-corrected chi connectivity index (χ2v) is 9.67. The Balaban J connectivity index is 1.97. The van der Waals surface area contributed by atoms with Gasteiger partial charge in [-0.15, -0.1) is 0 Å². The Kier molecular flexibility index (Phi) is 7.54. The molecule has 1 fully saturated rings. The largest absolute Gasteiger partial charge is 0.491 e. The lowest BCUT2D eigenvalue weighted by atomic mass is 9.64. The minimum Gasteiger partial charge on any atom is -0.385 e. The van der Waals surface area contributed by atoms with Gasteiger partial charge in [-0.05, 0) is 53.1 Å². The van der Waals surface area contributed by atoms with Gasteiger partial charge in [0, 0.05) is 21.0 Å². The summed E-state index contributed by atoms with van der Waals surface area (Å²) in [4.78, 5) is 24.7. The first-order valence-corrected chi connectivity index (χ1v) is 11.9. The number of nitrogens with zero attached hydrogens (tertiary/aromatic N) is 1. The Labute approximate surface area is 224 Å². The van der Waals surface area contributed by atoms with Crippen molar-refractivity contribution >= 4 is 46.7 Å². The summed E-state index contributed by atoms with van der Waals surface area (Å²) >= 11 is 18.5. The van der Waals surface area contributed by atoms with E-state index in [9.17, 15) is 28.0 Å². The van der Waals surface area contributed by atoms with Crippen molar-refractivity contribution in [3.05, 3.63) is 105 Å². The molecule has 1 heterocycles. The van der Waals surface area contributed by atoms with E-state index in [1.54, 1.807) is 66.7 Å². The molecule has 190 valence electrons. The highest BCUT2D eigenvalue weighted by Crippen LogP contribution is 2.55. The van der Waals surface area contributed by atoms with Crippen molar-refractivity contribution in [2.75, 3.05) is 0 Å². The normalized spacial score (nSPS) is 23.3. The van der Waals surface area contributed by atoms with E-state index in [0.29, 0.717) is 26.7 Å². The zero-order valence-electron chi connectivity index (χ0n) is 18.6. The number of halogens is 6. The third-order valence-electron chi connectivity index (χ3n) is 6.20. The number of ether oxygens (including phenoxy) is 1. The van der Waals surface area contributed by atoms with Gasteiger partial charge in [0.15, 0.2) is 0 Å². The van der Waals surface area contributed by atoms with Crippen LogP contribution in [0, 0.1) is 11.3 Å². The van der Waals surface area contributed by atoms with Crippen LogP contribution < -0.4 is 5.32 Å². The minimum atomic E-state index is -5.39. The van der Waals surface area contributed by atoms with Crippen LogP contribution in [-0.4, -0.2) is 24.2 Å². The Morgan fingerprint density at radius 1 is 0.892 bits per heavy atom. The number of hydrogen-bond acceptors (Lipinski definition) is 5. The summed E-state index contributed by atoms with van der Waals surface area (Å²) in [5.41, 5.74) is -0.347. The topological polar surface area (TPSA) is 79.2 Å². The molecule has 3 aromatic carbocycles. The number of carbonyl (C=O) groups excluding carboxylic acids is 2. The van der Waals surface area contributed by atoms with Crippen LogP contribution in [0.2, 0.25) is 15.1 Å². The van der Waals surface area contributed by atoms with Crippen LogP contribution in [0.25, 0.3) is 0 Å². The standard InChI is InChI=1S/C26H16Cl3F3N2O3/c27-17-9-7-16(8-10-17)25(13-33)20(14-3-1-5-18(28)11-14)21(23(35)37-24(36)26(30,31)32)34-22(25)15-4-2-6-19(29)12-15/h1-12,20-22,34H/t20-,21+,22-,25+/m0/s1. The molecule has 5 nitrogen and oxygen atoms in total. The predicted octanol–water partition coefficient (Wildman–Crippen LogP) is 6.54. The molecule has 4 atom stereocenters. The molecule has 0 amide bonds. The van der Waals surface area contributed by atoms with Crippen LogP contribution in [-0.2, 0) is 19.7 Å². The molecule has 0 saturated carbocycles. The van der Waals surface area contributed by atoms with E-state index in [1.165, 1.54) is 6.07 Å². The SMILES string of the molecule is N#C[C@]1(c2ccc(Cl)cc2)[C@H](c2cccc(Cl)c2)N[C@@H](C(=O)OC(=O)C(F)(F)F)[C@@H]1c1cccc(Cl)c1. The van der Waals surface area contributed by atoms with Gasteiger partial charge in [0.1, 0.15) is 11.5 Å². The van der Waals surface area contributed by atoms with Crippen molar-refractivity contribution < 1.29 is 27.5 Å². The van der Waals surface area contributed by atoms with Gasteiger partial charge in [-0.1, -0.05) is 71.2 Å². The third-order valence-corrected chi connectivity index (χ3v) is 6.92. The van der Waals surface area contributed by atoms with E-state index in [4.69, 9.17) is 34.8 Å². The van der Waals surface area contributed by atoms with Crippen molar-refractivity contribution in [3.8, 4) is 6.07 Å². The fraction of sp³-hybridized carbons (Fsp3) is 0.192. The second-order valence-electron chi connectivity index (χ2n) is 8.36. The van der Waals surface area contributed by atoms with Gasteiger partial charge in [-0.25, -0.2) is 9.59 Å². The summed E-state index contributed by atoms with van der Waals surface area (Å²) in [6.07, 6.45) is -5.39. The Bertz CT molecular complexity index is 1390. The van der Waals surface area contributed by atoms with Crippen molar-refractivity contribution in [2.45, 2.75) is 29.6 Å². The average molecular weight is 568 g/mol. The Morgan fingerprint density at radius 3 is 2.00 bits per heavy atom. The maximum absolute atomic E-state index is 13.1. The van der Waals surface area contributed by atoms with E-state index in [-0.39, 0.29) is 5.02 Å². The molecule has 11 heteroatoms. The number of hydrogen-bond donors (Lipinski definition) is 1. The van der Waals surface area contributed by atoms with Gasteiger partial charge >= 0.3 is 18.1 Å². The van der Waals surface area contributed by atoms with Gasteiger partial charge in [-0.3, -0.25) is 5.32 Å². The lowest BCUT2D eigenvalue weighted by Gasteiger charge is -2.35. The molecular weight excluding hydrogens is 552 g/mol. The summed E-state index contributed by atoms with van der Waals surface area (Å²) in [5, 5.41) is 14.7. The van der Waals surface area contributed by atoms with Crippen LogP contribution >= 0.6 is 34.8 Å². The zero-order valence-corrected chi connectivity index (χ0v) is 20.9. The fourth-order valence-corrected chi connectivity index (χ4v) is 5.26.